The van der Waals surface area contributed by atoms with E-state index in [1.807, 2.05) is 23.6 Å². The second-order valence-electron chi connectivity index (χ2n) is 4.97. The predicted octanol–water partition coefficient (Wildman–Crippen LogP) is 3.35. The van der Waals surface area contributed by atoms with Gasteiger partial charge in [-0.1, -0.05) is 11.8 Å². The van der Waals surface area contributed by atoms with Crippen LogP contribution in [0.15, 0.2) is 47.2 Å². The van der Waals surface area contributed by atoms with Crippen molar-refractivity contribution in [1.29, 1.82) is 0 Å². The molecule has 0 saturated carbocycles. The van der Waals surface area contributed by atoms with E-state index in [0.29, 0.717) is 27.5 Å². The van der Waals surface area contributed by atoms with Gasteiger partial charge in [0, 0.05) is 23.3 Å². The number of amides is 1. The van der Waals surface area contributed by atoms with Gasteiger partial charge in [0.25, 0.3) is 0 Å². The molecule has 1 N–H and O–H groups in total. The molecule has 0 aliphatic carbocycles. The number of rotatable bonds is 7. The molecule has 7 nitrogen and oxygen atoms in total. The molecule has 0 unspecified atom stereocenters. The smallest absolute Gasteiger partial charge is 0.236 e. The molecule has 0 aliphatic rings. The normalized spacial score (nSPS) is 10.4. The molecule has 1 aromatic carbocycles. The molecular formula is C17H16N4O3S2. The van der Waals surface area contributed by atoms with Crippen molar-refractivity contribution in [3.8, 4) is 22.8 Å². The summed E-state index contributed by atoms with van der Waals surface area (Å²) in [5, 5.41) is 5.73. The maximum absolute atomic E-state index is 12.1. The number of anilines is 1. The van der Waals surface area contributed by atoms with Crippen LogP contribution in [0.5, 0.6) is 11.5 Å². The Hall–Kier alpha value is -2.65. The fourth-order valence-electron chi connectivity index (χ4n) is 2.11. The summed E-state index contributed by atoms with van der Waals surface area (Å²) >= 11 is 2.62. The number of carbonyl (C=O) groups excluding carboxylic acids is 1. The van der Waals surface area contributed by atoms with Gasteiger partial charge in [0.2, 0.25) is 5.91 Å². The Kier molecular flexibility index (Phi) is 6.03. The van der Waals surface area contributed by atoms with Crippen LogP contribution >= 0.6 is 23.1 Å². The number of benzene rings is 1. The molecule has 0 atom stereocenters. The van der Waals surface area contributed by atoms with Crippen LogP contribution in [0, 0.1) is 0 Å². The predicted molar refractivity (Wildman–Crippen MR) is 102 cm³/mol. The molecule has 0 bridgehead atoms. The van der Waals surface area contributed by atoms with Crippen molar-refractivity contribution in [3.63, 3.8) is 0 Å². The summed E-state index contributed by atoms with van der Waals surface area (Å²) in [6.45, 7) is 0. The lowest BCUT2D eigenvalue weighted by Gasteiger charge is -2.08. The number of carbonyl (C=O) groups is 1. The van der Waals surface area contributed by atoms with Crippen LogP contribution in [-0.2, 0) is 4.79 Å². The van der Waals surface area contributed by atoms with E-state index >= 15 is 0 Å². The molecule has 0 radical (unpaired) electrons. The molecular weight excluding hydrogens is 372 g/mol. The van der Waals surface area contributed by atoms with Gasteiger partial charge >= 0.3 is 0 Å². The number of hydrogen-bond donors (Lipinski definition) is 1. The summed E-state index contributed by atoms with van der Waals surface area (Å²) in [7, 11) is 3.20. The molecule has 2 aromatic heterocycles. The number of methoxy groups -OCH3 is 2. The third kappa shape index (κ3) is 4.50. The fourth-order valence-corrected chi connectivity index (χ4v) is 3.44. The minimum absolute atomic E-state index is 0.166. The molecule has 1 amide bonds. The average molecular weight is 388 g/mol. The highest BCUT2D eigenvalue weighted by Gasteiger charge is 2.13. The topological polar surface area (TPSA) is 86.2 Å². The first-order chi connectivity index (χ1) is 12.7. The zero-order valence-electron chi connectivity index (χ0n) is 14.1. The van der Waals surface area contributed by atoms with E-state index in [0.717, 1.165) is 5.56 Å². The van der Waals surface area contributed by atoms with Crippen molar-refractivity contribution in [2.75, 3.05) is 25.3 Å². The SMILES string of the molecule is COc1ccc(OC)c(-c2csc(NC(=O)CSc3ncccn3)n2)c1. The number of ether oxygens (including phenoxy) is 2. The van der Waals surface area contributed by atoms with Crippen molar-refractivity contribution < 1.29 is 14.3 Å². The zero-order valence-corrected chi connectivity index (χ0v) is 15.8. The standard InChI is InChI=1S/C17H16N4O3S2/c1-23-11-4-5-14(24-2)12(8-11)13-9-25-17(20-13)21-15(22)10-26-16-18-6-3-7-19-16/h3-9H,10H2,1-2H3,(H,20,21,22). The summed E-state index contributed by atoms with van der Waals surface area (Å²) in [6, 6.07) is 7.22. The first kappa shape index (κ1) is 18.2. The van der Waals surface area contributed by atoms with Crippen molar-refractivity contribution in [2.45, 2.75) is 5.16 Å². The molecule has 26 heavy (non-hydrogen) atoms. The highest BCUT2D eigenvalue weighted by molar-refractivity contribution is 7.99. The Morgan fingerprint density at radius 1 is 1.23 bits per heavy atom. The van der Waals surface area contributed by atoms with E-state index in [4.69, 9.17) is 9.47 Å². The second kappa shape index (κ2) is 8.63. The van der Waals surface area contributed by atoms with E-state index in [-0.39, 0.29) is 11.7 Å². The van der Waals surface area contributed by atoms with Crippen LogP contribution in [-0.4, -0.2) is 40.8 Å². The van der Waals surface area contributed by atoms with E-state index in [9.17, 15) is 4.79 Å². The van der Waals surface area contributed by atoms with E-state index in [1.54, 1.807) is 32.7 Å². The Bertz CT molecular complexity index is 887. The Labute approximate surface area is 158 Å². The Morgan fingerprint density at radius 2 is 2.04 bits per heavy atom. The Balaban J connectivity index is 1.67. The molecule has 0 aliphatic heterocycles. The molecule has 9 heteroatoms. The monoisotopic (exact) mass is 388 g/mol. The minimum Gasteiger partial charge on any atom is -0.497 e. The maximum atomic E-state index is 12.1. The van der Waals surface area contributed by atoms with Gasteiger partial charge in [-0.15, -0.1) is 11.3 Å². The summed E-state index contributed by atoms with van der Waals surface area (Å²) in [4.78, 5) is 24.7. The zero-order chi connectivity index (χ0) is 18.4. The highest BCUT2D eigenvalue weighted by atomic mass is 32.2. The second-order valence-corrected chi connectivity index (χ2v) is 6.77. The average Bonchev–Trinajstić information content (AvgIpc) is 3.15. The van der Waals surface area contributed by atoms with E-state index in [1.165, 1.54) is 23.1 Å². The largest absolute Gasteiger partial charge is 0.497 e. The van der Waals surface area contributed by atoms with Crippen molar-refractivity contribution in [2.24, 2.45) is 0 Å². The van der Waals surface area contributed by atoms with Crippen molar-refractivity contribution >= 4 is 34.1 Å². The fraction of sp³-hybridized carbons (Fsp3) is 0.176. The van der Waals surface area contributed by atoms with Gasteiger partial charge in [-0.2, -0.15) is 0 Å². The van der Waals surface area contributed by atoms with Crippen LogP contribution in [0.1, 0.15) is 0 Å². The van der Waals surface area contributed by atoms with Crippen molar-refractivity contribution in [3.05, 3.63) is 42.0 Å². The summed E-state index contributed by atoms with van der Waals surface area (Å²) in [5.74, 6) is 1.44. The number of thioether (sulfide) groups is 1. The molecule has 3 rings (SSSR count). The van der Waals surface area contributed by atoms with E-state index < -0.39 is 0 Å². The van der Waals surface area contributed by atoms with E-state index in [2.05, 4.69) is 20.3 Å². The molecule has 0 fully saturated rings. The first-order valence-electron chi connectivity index (χ1n) is 7.57. The lowest BCUT2D eigenvalue weighted by molar-refractivity contribution is -0.113. The van der Waals surface area contributed by atoms with Gasteiger partial charge in [-0.25, -0.2) is 15.0 Å². The number of nitrogens with zero attached hydrogens (tertiary/aromatic N) is 3. The summed E-state index contributed by atoms with van der Waals surface area (Å²) < 4.78 is 10.6. The van der Waals surface area contributed by atoms with Gasteiger partial charge in [0.05, 0.1) is 25.7 Å². The molecule has 134 valence electrons. The number of hydrogen-bond acceptors (Lipinski definition) is 8. The van der Waals surface area contributed by atoms with Crippen LogP contribution in [0.3, 0.4) is 0 Å². The number of thiazole rings is 1. The van der Waals surface area contributed by atoms with Gasteiger partial charge < -0.3 is 14.8 Å². The first-order valence-corrected chi connectivity index (χ1v) is 9.43. The van der Waals surface area contributed by atoms with Crippen LogP contribution in [0.2, 0.25) is 0 Å². The third-order valence-electron chi connectivity index (χ3n) is 3.31. The Morgan fingerprint density at radius 3 is 2.77 bits per heavy atom. The van der Waals surface area contributed by atoms with Gasteiger partial charge in [-0.05, 0) is 24.3 Å². The molecule has 0 saturated heterocycles. The van der Waals surface area contributed by atoms with Crippen molar-refractivity contribution in [1.82, 2.24) is 15.0 Å². The molecule has 0 spiro atoms. The lowest BCUT2D eigenvalue weighted by atomic mass is 10.1. The summed E-state index contributed by atoms with van der Waals surface area (Å²) in [5.41, 5.74) is 1.51. The third-order valence-corrected chi connectivity index (χ3v) is 4.94. The van der Waals surface area contributed by atoms with Crippen LogP contribution < -0.4 is 14.8 Å². The van der Waals surface area contributed by atoms with Gasteiger partial charge in [0.1, 0.15) is 11.5 Å². The minimum atomic E-state index is -0.166. The lowest BCUT2D eigenvalue weighted by Crippen LogP contribution is -2.14. The molecule has 3 aromatic rings. The maximum Gasteiger partial charge on any atom is 0.236 e. The van der Waals surface area contributed by atoms with Gasteiger partial charge in [-0.3, -0.25) is 4.79 Å². The van der Waals surface area contributed by atoms with Gasteiger partial charge in [0.15, 0.2) is 10.3 Å². The summed E-state index contributed by atoms with van der Waals surface area (Å²) in [6.07, 6.45) is 3.28. The number of aromatic nitrogens is 3. The molecule has 2 heterocycles. The van der Waals surface area contributed by atoms with Crippen LogP contribution in [0.4, 0.5) is 5.13 Å². The highest BCUT2D eigenvalue weighted by Crippen LogP contribution is 2.35. The van der Waals surface area contributed by atoms with Crippen LogP contribution in [0.25, 0.3) is 11.3 Å². The quantitative estimate of drug-likeness (QED) is 0.491. The number of nitrogens with one attached hydrogen (secondary N) is 1.